The zero-order valence-electron chi connectivity index (χ0n) is 20.3. The Balaban J connectivity index is 1.64. The van der Waals surface area contributed by atoms with Crippen molar-refractivity contribution in [3.8, 4) is 11.5 Å². The van der Waals surface area contributed by atoms with E-state index in [2.05, 4.69) is 0 Å². The van der Waals surface area contributed by atoms with E-state index in [1.165, 1.54) is 17.0 Å². The predicted octanol–water partition coefficient (Wildman–Crippen LogP) is 4.74. The van der Waals surface area contributed by atoms with Crippen molar-refractivity contribution in [2.24, 2.45) is 0 Å². The van der Waals surface area contributed by atoms with Crippen LogP contribution < -0.4 is 4.74 Å². The topological polar surface area (TPSA) is 96.3 Å². The Labute approximate surface area is 210 Å². The Morgan fingerprint density at radius 3 is 2.44 bits per heavy atom. The maximum absolute atomic E-state index is 13.1. The number of likely N-dealkylation sites (tertiary alicyclic amines) is 1. The number of aromatic hydroxyl groups is 1. The van der Waals surface area contributed by atoms with Gasteiger partial charge in [-0.05, 0) is 66.4 Å². The molecule has 36 heavy (non-hydrogen) atoms. The van der Waals surface area contributed by atoms with Gasteiger partial charge in [-0.25, -0.2) is 0 Å². The molecular weight excluding hydrogens is 458 g/mol. The van der Waals surface area contributed by atoms with Gasteiger partial charge in [-0.1, -0.05) is 36.4 Å². The molecule has 3 aromatic carbocycles. The second-order valence-electron chi connectivity index (χ2n) is 8.67. The quantitative estimate of drug-likeness (QED) is 0.196. The highest BCUT2D eigenvalue weighted by Crippen LogP contribution is 2.40. The lowest BCUT2D eigenvalue weighted by Crippen LogP contribution is -2.31. The number of methoxy groups -OCH3 is 1. The van der Waals surface area contributed by atoms with E-state index in [0.717, 1.165) is 11.1 Å². The summed E-state index contributed by atoms with van der Waals surface area (Å²) in [6, 6.07) is 20.2. The lowest BCUT2D eigenvalue weighted by Gasteiger charge is -2.25. The molecule has 3 aromatic rings. The molecule has 1 aliphatic rings. The summed E-state index contributed by atoms with van der Waals surface area (Å²) in [5.74, 6) is -1.12. The van der Waals surface area contributed by atoms with Gasteiger partial charge < -0.3 is 24.6 Å². The number of amides is 1. The van der Waals surface area contributed by atoms with Crippen LogP contribution in [-0.4, -0.2) is 47.1 Å². The molecule has 186 valence electrons. The third-order valence-electron chi connectivity index (χ3n) is 6.26. The molecule has 7 nitrogen and oxygen atoms in total. The fourth-order valence-corrected chi connectivity index (χ4v) is 4.33. The lowest BCUT2D eigenvalue weighted by molar-refractivity contribution is -0.140. The molecule has 0 spiro atoms. The molecule has 1 heterocycles. The van der Waals surface area contributed by atoms with Gasteiger partial charge >= 0.3 is 0 Å². The fraction of sp³-hybridized carbons (Fsp3) is 0.241. The van der Waals surface area contributed by atoms with Gasteiger partial charge in [0, 0.05) is 25.8 Å². The number of aliphatic hydroxyl groups is 1. The first-order valence-corrected chi connectivity index (χ1v) is 11.7. The van der Waals surface area contributed by atoms with Crippen LogP contribution in [0.2, 0.25) is 0 Å². The smallest absolute Gasteiger partial charge is 0.295 e. The van der Waals surface area contributed by atoms with Gasteiger partial charge in [-0.3, -0.25) is 9.59 Å². The number of aliphatic hydroxyl groups excluding tert-OH is 1. The minimum atomic E-state index is -0.828. The monoisotopic (exact) mass is 487 g/mol. The van der Waals surface area contributed by atoms with E-state index >= 15 is 0 Å². The van der Waals surface area contributed by atoms with Crippen molar-refractivity contribution >= 4 is 17.4 Å². The van der Waals surface area contributed by atoms with Crippen molar-refractivity contribution in [1.29, 1.82) is 0 Å². The molecule has 1 saturated heterocycles. The number of hydrogen-bond acceptors (Lipinski definition) is 6. The summed E-state index contributed by atoms with van der Waals surface area (Å²) < 4.78 is 11.0. The van der Waals surface area contributed by atoms with Crippen LogP contribution in [0.1, 0.15) is 34.7 Å². The summed E-state index contributed by atoms with van der Waals surface area (Å²) in [6.45, 7) is 3.11. The fourth-order valence-electron chi connectivity index (χ4n) is 4.33. The third-order valence-corrected chi connectivity index (χ3v) is 6.26. The van der Waals surface area contributed by atoms with Crippen LogP contribution in [0.5, 0.6) is 11.5 Å². The van der Waals surface area contributed by atoms with Gasteiger partial charge in [-0.15, -0.1) is 0 Å². The van der Waals surface area contributed by atoms with E-state index in [4.69, 9.17) is 9.47 Å². The molecule has 0 aliphatic carbocycles. The van der Waals surface area contributed by atoms with Crippen molar-refractivity contribution in [1.82, 2.24) is 4.90 Å². The van der Waals surface area contributed by atoms with Gasteiger partial charge in [0.2, 0.25) is 0 Å². The average Bonchev–Trinajstić information content (AvgIpc) is 3.13. The van der Waals surface area contributed by atoms with Crippen molar-refractivity contribution in [3.63, 3.8) is 0 Å². The Morgan fingerprint density at radius 1 is 1.00 bits per heavy atom. The number of nitrogens with zero attached hydrogens (tertiary/aromatic N) is 1. The summed E-state index contributed by atoms with van der Waals surface area (Å²) in [5, 5.41) is 21.2. The summed E-state index contributed by atoms with van der Waals surface area (Å²) in [7, 11) is 1.56. The predicted molar refractivity (Wildman–Crippen MR) is 136 cm³/mol. The second-order valence-corrected chi connectivity index (χ2v) is 8.67. The number of ketones is 1. The Bertz CT molecular complexity index is 1280. The number of carbonyl (C=O) groups is 2. The molecule has 1 atom stereocenters. The van der Waals surface area contributed by atoms with Gasteiger partial charge in [-0.2, -0.15) is 0 Å². The molecule has 0 aromatic heterocycles. The van der Waals surface area contributed by atoms with E-state index < -0.39 is 17.7 Å². The number of Topliss-reactive ketones (excluding diaryl/α,β-unsaturated/α-hetero) is 1. The molecule has 1 fully saturated rings. The summed E-state index contributed by atoms with van der Waals surface area (Å²) in [6.07, 6.45) is 0.520. The van der Waals surface area contributed by atoms with Crippen molar-refractivity contribution < 1.29 is 29.3 Å². The Hall–Kier alpha value is -4.10. The van der Waals surface area contributed by atoms with E-state index in [1.54, 1.807) is 43.5 Å². The number of carbonyl (C=O) groups excluding carboxylic acids is 2. The van der Waals surface area contributed by atoms with Crippen molar-refractivity contribution in [3.05, 3.63) is 101 Å². The number of rotatable bonds is 9. The largest absolute Gasteiger partial charge is 0.508 e. The van der Waals surface area contributed by atoms with Crippen LogP contribution in [0, 0.1) is 6.92 Å². The van der Waals surface area contributed by atoms with Crippen LogP contribution in [0.15, 0.2) is 78.4 Å². The normalized spacial score (nSPS) is 16.9. The minimum Gasteiger partial charge on any atom is -0.508 e. The zero-order valence-corrected chi connectivity index (χ0v) is 20.3. The number of hydrogen-bond donors (Lipinski definition) is 2. The molecule has 1 amide bonds. The van der Waals surface area contributed by atoms with Crippen LogP contribution in [0.3, 0.4) is 0 Å². The average molecular weight is 488 g/mol. The number of ether oxygens (including phenoxy) is 2. The standard InChI is InChI=1S/C29H29NO6/c1-19-7-3-4-8-22(19)18-36-24-13-11-20(12-14-24)27(32)25-26(21-9-5-10-23(31)17-21)30(15-6-16-35-2)29(34)28(25)33/h3-5,7-14,17,26,31-32H,6,15-16,18H2,1-2H3. The maximum atomic E-state index is 13.1. The first-order chi connectivity index (χ1) is 17.4. The van der Waals surface area contributed by atoms with E-state index in [9.17, 15) is 19.8 Å². The van der Waals surface area contributed by atoms with Crippen molar-refractivity contribution in [2.75, 3.05) is 20.3 Å². The summed E-state index contributed by atoms with van der Waals surface area (Å²) in [4.78, 5) is 27.4. The van der Waals surface area contributed by atoms with E-state index in [1.807, 2.05) is 31.2 Å². The van der Waals surface area contributed by atoms with Crippen LogP contribution in [0.4, 0.5) is 0 Å². The highest BCUT2D eigenvalue weighted by molar-refractivity contribution is 6.46. The number of aryl methyl sites for hydroxylation is 1. The van der Waals surface area contributed by atoms with Crippen LogP contribution in [0.25, 0.3) is 5.76 Å². The second kappa shape index (κ2) is 11.1. The van der Waals surface area contributed by atoms with Crippen molar-refractivity contribution in [2.45, 2.75) is 26.0 Å². The Morgan fingerprint density at radius 2 is 1.75 bits per heavy atom. The highest BCUT2D eigenvalue weighted by Gasteiger charge is 2.45. The van der Waals surface area contributed by atoms with Crippen LogP contribution >= 0.6 is 0 Å². The Kier molecular flexibility index (Phi) is 7.71. The maximum Gasteiger partial charge on any atom is 0.295 e. The molecule has 7 heteroatoms. The SMILES string of the molecule is COCCCN1C(=O)C(=O)C(=C(O)c2ccc(OCc3ccccc3C)cc2)C1c1cccc(O)c1. The van der Waals surface area contributed by atoms with E-state index in [0.29, 0.717) is 36.5 Å². The number of phenols is 1. The van der Waals surface area contributed by atoms with Crippen LogP contribution in [-0.2, 0) is 20.9 Å². The molecule has 0 saturated carbocycles. The zero-order chi connectivity index (χ0) is 25.7. The van der Waals surface area contributed by atoms with Gasteiger partial charge in [0.25, 0.3) is 11.7 Å². The molecule has 0 radical (unpaired) electrons. The number of benzene rings is 3. The lowest BCUT2D eigenvalue weighted by atomic mass is 9.95. The molecular formula is C29H29NO6. The van der Waals surface area contributed by atoms with Gasteiger partial charge in [0.15, 0.2) is 0 Å². The summed E-state index contributed by atoms with van der Waals surface area (Å²) >= 11 is 0. The minimum absolute atomic E-state index is 0.00475. The van der Waals surface area contributed by atoms with E-state index in [-0.39, 0.29) is 23.6 Å². The summed E-state index contributed by atoms with van der Waals surface area (Å²) in [5.41, 5.74) is 3.11. The number of phenolic OH excluding ortho intramolecular Hbond substituents is 1. The highest BCUT2D eigenvalue weighted by atomic mass is 16.5. The van der Waals surface area contributed by atoms with Gasteiger partial charge in [0.05, 0.1) is 11.6 Å². The molecule has 1 aliphatic heterocycles. The first-order valence-electron chi connectivity index (χ1n) is 11.7. The molecule has 4 rings (SSSR count). The molecule has 0 bridgehead atoms. The molecule has 2 N–H and O–H groups in total. The molecule has 1 unspecified atom stereocenters. The third kappa shape index (κ3) is 5.26. The van der Waals surface area contributed by atoms with Gasteiger partial charge in [0.1, 0.15) is 23.9 Å². The first kappa shape index (κ1) is 25.0.